The van der Waals surface area contributed by atoms with E-state index in [-0.39, 0.29) is 17.5 Å². The molecule has 1 aliphatic heterocycles. The van der Waals surface area contributed by atoms with Gasteiger partial charge in [-0.25, -0.2) is 9.59 Å². The number of hydrogen-bond donors (Lipinski definition) is 3. The van der Waals surface area contributed by atoms with E-state index in [1.807, 2.05) is 62.4 Å². The number of urea groups is 1. The zero-order chi connectivity index (χ0) is 26.7. The van der Waals surface area contributed by atoms with Crippen molar-refractivity contribution in [3.05, 3.63) is 82.9 Å². The zero-order valence-electron chi connectivity index (χ0n) is 21.7. The van der Waals surface area contributed by atoms with E-state index in [4.69, 9.17) is 0 Å². The Morgan fingerprint density at radius 3 is 2.03 bits per heavy atom. The van der Waals surface area contributed by atoms with Crippen molar-refractivity contribution in [2.45, 2.75) is 52.5 Å². The monoisotopic (exact) mass is 499 g/mol. The lowest BCUT2D eigenvalue weighted by molar-refractivity contribution is -0.119. The van der Waals surface area contributed by atoms with Gasteiger partial charge in [-0.3, -0.25) is 4.79 Å². The highest BCUT2D eigenvalue weighted by Crippen LogP contribution is 2.30. The largest absolute Gasteiger partial charge is 0.478 e. The molecule has 1 heterocycles. The van der Waals surface area contributed by atoms with E-state index in [0.717, 1.165) is 28.7 Å². The fraction of sp³-hybridized carbons (Fsp3) is 0.300. The summed E-state index contributed by atoms with van der Waals surface area (Å²) < 4.78 is 0. The van der Waals surface area contributed by atoms with Crippen molar-refractivity contribution >= 4 is 29.3 Å². The summed E-state index contributed by atoms with van der Waals surface area (Å²) in [4.78, 5) is 38.9. The lowest BCUT2D eigenvalue weighted by atomic mass is 9.93. The van der Waals surface area contributed by atoms with Crippen LogP contribution in [0.15, 0.2) is 60.7 Å². The van der Waals surface area contributed by atoms with E-state index in [2.05, 4.69) is 24.5 Å². The van der Waals surface area contributed by atoms with Gasteiger partial charge in [0.1, 0.15) is 6.04 Å². The van der Waals surface area contributed by atoms with E-state index in [1.54, 1.807) is 17.0 Å². The van der Waals surface area contributed by atoms with Crippen molar-refractivity contribution in [2.24, 2.45) is 0 Å². The number of likely N-dealkylation sites (tertiary alicyclic amines) is 1. The first-order chi connectivity index (χ1) is 17.6. The number of aromatic carboxylic acids is 1. The smallest absolute Gasteiger partial charge is 0.335 e. The van der Waals surface area contributed by atoms with Gasteiger partial charge in [0.15, 0.2) is 0 Å². The Morgan fingerprint density at radius 2 is 1.46 bits per heavy atom. The summed E-state index contributed by atoms with van der Waals surface area (Å²) >= 11 is 0. The Hall–Kier alpha value is -4.13. The lowest BCUT2D eigenvalue weighted by Gasteiger charge is -2.24. The third kappa shape index (κ3) is 5.82. The number of amides is 3. The van der Waals surface area contributed by atoms with Crippen molar-refractivity contribution < 1.29 is 19.5 Å². The van der Waals surface area contributed by atoms with Crippen LogP contribution in [0, 0.1) is 13.8 Å². The van der Waals surface area contributed by atoms with E-state index in [0.29, 0.717) is 30.3 Å². The van der Waals surface area contributed by atoms with Crippen LogP contribution in [0.1, 0.15) is 59.7 Å². The maximum absolute atomic E-state index is 13.1. The molecule has 37 heavy (non-hydrogen) atoms. The van der Waals surface area contributed by atoms with Crippen molar-refractivity contribution in [1.29, 1.82) is 0 Å². The number of hydrogen-bond acceptors (Lipinski definition) is 3. The number of benzene rings is 3. The highest BCUT2D eigenvalue weighted by Gasteiger charge is 2.34. The van der Waals surface area contributed by atoms with Crippen LogP contribution in [0.5, 0.6) is 0 Å². The van der Waals surface area contributed by atoms with E-state index >= 15 is 0 Å². The molecule has 4 rings (SSSR count). The fourth-order valence-corrected chi connectivity index (χ4v) is 4.92. The first-order valence-corrected chi connectivity index (χ1v) is 12.6. The molecule has 0 aromatic heterocycles. The van der Waals surface area contributed by atoms with Crippen molar-refractivity contribution in [3.63, 3.8) is 0 Å². The van der Waals surface area contributed by atoms with Crippen LogP contribution in [0.2, 0.25) is 0 Å². The molecule has 1 atom stereocenters. The number of carbonyl (C=O) groups excluding carboxylic acids is 2. The molecule has 0 spiro atoms. The van der Waals surface area contributed by atoms with Gasteiger partial charge >= 0.3 is 12.0 Å². The predicted octanol–water partition coefficient (Wildman–Crippen LogP) is 6.43. The minimum absolute atomic E-state index is 0.214. The Morgan fingerprint density at radius 1 is 0.892 bits per heavy atom. The standard InChI is InChI=1S/C30H33N3O4/c1-18(2)21-7-11-25(12-8-21)32-30(37)33-15-5-6-26(33)28(34)31-24-13-9-22(10-14-24)27-19(3)16-23(29(35)36)17-20(27)4/h7-14,16-18,26H,5-6,15H2,1-4H3,(H,31,34)(H,32,37)(H,35,36)/t26-/m1/s1. The molecule has 3 amide bonds. The van der Waals surface area contributed by atoms with Gasteiger partial charge in [0.2, 0.25) is 5.91 Å². The molecule has 3 N–H and O–H groups in total. The molecular weight excluding hydrogens is 466 g/mol. The summed E-state index contributed by atoms with van der Waals surface area (Å²) in [7, 11) is 0. The van der Waals surface area contributed by atoms with Gasteiger partial charge < -0.3 is 20.6 Å². The van der Waals surface area contributed by atoms with Crippen molar-refractivity contribution in [1.82, 2.24) is 4.90 Å². The summed E-state index contributed by atoms with van der Waals surface area (Å²) in [5.74, 6) is -0.751. The summed E-state index contributed by atoms with van der Waals surface area (Å²) in [6, 6.07) is 17.8. The van der Waals surface area contributed by atoms with Crippen LogP contribution < -0.4 is 10.6 Å². The van der Waals surface area contributed by atoms with Gasteiger partial charge in [0.25, 0.3) is 0 Å². The van der Waals surface area contributed by atoms with E-state index < -0.39 is 12.0 Å². The average molecular weight is 500 g/mol. The molecule has 3 aromatic carbocycles. The minimum atomic E-state index is -0.950. The second-order valence-electron chi connectivity index (χ2n) is 9.92. The van der Waals surface area contributed by atoms with Crippen LogP contribution >= 0.6 is 0 Å². The lowest BCUT2D eigenvalue weighted by Crippen LogP contribution is -2.45. The maximum Gasteiger partial charge on any atom is 0.335 e. The summed E-state index contributed by atoms with van der Waals surface area (Å²) in [5, 5.41) is 15.2. The van der Waals surface area contributed by atoms with Crippen LogP contribution in [-0.4, -0.2) is 40.5 Å². The second kappa shape index (κ2) is 10.9. The van der Waals surface area contributed by atoms with E-state index in [1.165, 1.54) is 5.56 Å². The highest BCUT2D eigenvalue weighted by atomic mass is 16.4. The number of nitrogens with zero attached hydrogens (tertiary/aromatic N) is 1. The number of anilines is 2. The van der Waals surface area contributed by atoms with Gasteiger partial charge in [-0.05, 0) is 96.8 Å². The predicted molar refractivity (Wildman–Crippen MR) is 146 cm³/mol. The van der Waals surface area contributed by atoms with Gasteiger partial charge in [-0.1, -0.05) is 38.1 Å². The highest BCUT2D eigenvalue weighted by molar-refractivity contribution is 5.99. The number of carboxylic acid groups (broad SMARTS) is 1. The third-order valence-corrected chi connectivity index (χ3v) is 6.87. The number of nitrogens with one attached hydrogen (secondary N) is 2. The fourth-order valence-electron chi connectivity index (χ4n) is 4.92. The molecule has 1 saturated heterocycles. The van der Waals surface area contributed by atoms with Gasteiger partial charge in [0.05, 0.1) is 5.56 Å². The SMILES string of the molecule is Cc1cc(C(=O)O)cc(C)c1-c1ccc(NC(=O)[C@H]2CCCN2C(=O)Nc2ccc(C(C)C)cc2)cc1. The molecule has 0 unspecified atom stereocenters. The Kier molecular flexibility index (Phi) is 7.62. The van der Waals surface area contributed by atoms with Gasteiger partial charge in [0, 0.05) is 17.9 Å². The zero-order valence-corrected chi connectivity index (χ0v) is 21.7. The summed E-state index contributed by atoms with van der Waals surface area (Å²) in [5.41, 5.74) is 6.48. The third-order valence-electron chi connectivity index (χ3n) is 6.87. The van der Waals surface area contributed by atoms with Gasteiger partial charge in [-0.2, -0.15) is 0 Å². The normalized spacial score (nSPS) is 15.1. The number of aryl methyl sites for hydroxylation is 2. The van der Waals surface area contributed by atoms with Crippen molar-refractivity contribution in [3.8, 4) is 11.1 Å². The van der Waals surface area contributed by atoms with Crippen LogP contribution in [0.25, 0.3) is 11.1 Å². The molecule has 0 radical (unpaired) electrons. The van der Waals surface area contributed by atoms with Crippen LogP contribution in [0.3, 0.4) is 0 Å². The number of carbonyl (C=O) groups is 3. The molecule has 0 aliphatic carbocycles. The number of carboxylic acids is 1. The number of rotatable bonds is 6. The Labute approximate surface area is 217 Å². The summed E-state index contributed by atoms with van der Waals surface area (Å²) in [6.45, 7) is 8.55. The van der Waals surface area contributed by atoms with Crippen molar-refractivity contribution in [2.75, 3.05) is 17.2 Å². The molecule has 1 fully saturated rings. The molecule has 0 saturated carbocycles. The molecular formula is C30H33N3O4. The molecule has 7 heteroatoms. The average Bonchev–Trinajstić information content (AvgIpc) is 3.35. The molecule has 0 bridgehead atoms. The quantitative estimate of drug-likeness (QED) is 0.364. The molecule has 1 aliphatic rings. The molecule has 3 aromatic rings. The summed E-state index contributed by atoms with van der Waals surface area (Å²) in [6.07, 6.45) is 1.37. The first kappa shape index (κ1) is 25.9. The molecule has 192 valence electrons. The topological polar surface area (TPSA) is 98.7 Å². The molecule has 7 nitrogen and oxygen atoms in total. The van der Waals surface area contributed by atoms with Crippen LogP contribution in [0.4, 0.5) is 16.2 Å². The van der Waals surface area contributed by atoms with E-state index in [9.17, 15) is 19.5 Å². The first-order valence-electron chi connectivity index (χ1n) is 12.6. The second-order valence-corrected chi connectivity index (χ2v) is 9.92. The maximum atomic E-state index is 13.1. The Balaban J connectivity index is 1.42. The van der Waals surface area contributed by atoms with Crippen LogP contribution in [-0.2, 0) is 4.79 Å². The minimum Gasteiger partial charge on any atom is -0.478 e. The Bertz CT molecular complexity index is 1290. The van der Waals surface area contributed by atoms with Gasteiger partial charge in [-0.15, -0.1) is 0 Å².